The van der Waals surface area contributed by atoms with Gasteiger partial charge in [0.2, 0.25) is 15.9 Å². The SMILES string of the molecule is NC(=O)CCCCNS(=O)(=O)c1ccc(CC(N)=S)cc1. The Bertz CT molecular complexity index is 598. The largest absolute Gasteiger partial charge is 0.393 e. The van der Waals surface area contributed by atoms with Gasteiger partial charge < -0.3 is 11.5 Å². The van der Waals surface area contributed by atoms with E-state index in [-0.39, 0.29) is 23.8 Å². The first-order valence-corrected chi connectivity index (χ1v) is 8.35. The number of carbonyl (C=O) groups excluding carboxylic acids is 1. The fourth-order valence-corrected chi connectivity index (χ4v) is 2.94. The third kappa shape index (κ3) is 6.65. The van der Waals surface area contributed by atoms with Crippen molar-refractivity contribution in [1.29, 1.82) is 0 Å². The number of carbonyl (C=O) groups is 1. The molecule has 0 bridgehead atoms. The van der Waals surface area contributed by atoms with Gasteiger partial charge in [-0.05, 0) is 30.5 Å². The Morgan fingerprint density at radius 1 is 1.14 bits per heavy atom. The van der Waals surface area contributed by atoms with Crippen LogP contribution in [0.5, 0.6) is 0 Å². The molecule has 1 aromatic carbocycles. The molecule has 1 amide bonds. The van der Waals surface area contributed by atoms with Gasteiger partial charge in [-0.15, -0.1) is 0 Å². The number of amides is 1. The number of nitrogens with one attached hydrogen (secondary N) is 1. The molecule has 0 spiro atoms. The van der Waals surface area contributed by atoms with E-state index in [1.54, 1.807) is 12.1 Å². The van der Waals surface area contributed by atoms with E-state index in [9.17, 15) is 13.2 Å². The van der Waals surface area contributed by atoms with Crippen molar-refractivity contribution in [2.75, 3.05) is 6.54 Å². The van der Waals surface area contributed by atoms with E-state index in [1.807, 2.05) is 0 Å². The van der Waals surface area contributed by atoms with Crippen LogP contribution in [0.25, 0.3) is 0 Å². The number of primary amides is 1. The Balaban J connectivity index is 2.54. The van der Waals surface area contributed by atoms with Crippen molar-refractivity contribution in [2.24, 2.45) is 11.5 Å². The third-order valence-corrected chi connectivity index (χ3v) is 4.38. The molecule has 0 heterocycles. The fourth-order valence-electron chi connectivity index (χ4n) is 1.70. The van der Waals surface area contributed by atoms with Crippen LogP contribution in [0.2, 0.25) is 0 Å². The highest BCUT2D eigenvalue weighted by Gasteiger charge is 2.13. The van der Waals surface area contributed by atoms with Crippen LogP contribution in [-0.2, 0) is 21.2 Å². The van der Waals surface area contributed by atoms with Crippen molar-refractivity contribution in [3.8, 4) is 0 Å². The average molecular weight is 329 g/mol. The van der Waals surface area contributed by atoms with Crippen molar-refractivity contribution >= 4 is 33.1 Å². The summed E-state index contributed by atoms with van der Waals surface area (Å²) in [5.74, 6) is -0.383. The maximum absolute atomic E-state index is 12.0. The molecule has 0 saturated carbocycles. The number of hydrogen-bond donors (Lipinski definition) is 3. The van der Waals surface area contributed by atoms with E-state index >= 15 is 0 Å². The van der Waals surface area contributed by atoms with Crippen LogP contribution in [-0.4, -0.2) is 25.9 Å². The molecule has 0 saturated heterocycles. The monoisotopic (exact) mass is 329 g/mol. The fraction of sp³-hybridized carbons (Fsp3) is 0.385. The highest BCUT2D eigenvalue weighted by Crippen LogP contribution is 2.11. The second kappa shape index (κ2) is 8.06. The molecule has 0 aliphatic rings. The average Bonchev–Trinajstić information content (AvgIpc) is 2.37. The Kier molecular flexibility index (Phi) is 6.73. The van der Waals surface area contributed by atoms with Crippen LogP contribution >= 0.6 is 12.2 Å². The van der Waals surface area contributed by atoms with Crippen LogP contribution in [0.4, 0.5) is 0 Å². The van der Waals surface area contributed by atoms with Crippen LogP contribution < -0.4 is 16.2 Å². The molecule has 0 aliphatic heterocycles. The van der Waals surface area contributed by atoms with Crippen molar-refractivity contribution in [1.82, 2.24) is 4.72 Å². The topological polar surface area (TPSA) is 115 Å². The maximum atomic E-state index is 12.0. The van der Waals surface area contributed by atoms with Crippen molar-refractivity contribution in [3.63, 3.8) is 0 Å². The second-order valence-electron chi connectivity index (χ2n) is 4.61. The van der Waals surface area contributed by atoms with Crippen LogP contribution in [0.15, 0.2) is 29.2 Å². The number of unbranched alkanes of at least 4 members (excludes halogenated alkanes) is 1. The number of sulfonamides is 1. The van der Waals surface area contributed by atoms with Gasteiger partial charge in [-0.3, -0.25) is 4.79 Å². The summed E-state index contributed by atoms with van der Waals surface area (Å²) in [6, 6.07) is 6.39. The molecule has 1 rings (SSSR count). The highest BCUT2D eigenvalue weighted by molar-refractivity contribution is 7.89. The quantitative estimate of drug-likeness (QED) is 0.449. The van der Waals surface area contributed by atoms with Crippen LogP contribution in [0, 0.1) is 0 Å². The molecule has 5 N–H and O–H groups in total. The first kappa shape index (κ1) is 17.5. The molecule has 0 atom stereocenters. The predicted molar refractivity (Wildman–Crippen MR) is 85.2 cm³/mol. The van der Waals surface area contributed by atoms with Gasteiger partial charge >= 0.3 is 0 Å². The maximum Gasteiger partial charge on any atom is 0.240 e. The van der Waals surface area contributed by atoms with Gasteiger partial charge in [0.15, 0.2) is 0 Å². The summed E-state index contributed by atoms with van der Waals surface area (Å²) in [5.41, 5.74) is 11.3. The molecular formula is C13H19N3O3S2. The number of thiocarbonyl (C=S) groups is 1. The minimum atomic E-state index is -3.54. The summed E-state index contributed by atoms with van der Waals surface area (Å²) in [6.07, 6.45) is 1.82. The van der Waals surface area contributed by atoms with Crippen LogP contribution in [0.1, 0.15) is 24.8 Å². The Labute approximate surface area is 129 Å². The highest BCUT2D eigenvalue weighted by atomic mass is 32.2. The minimum Gasteiger partial charge on any atom is -0.393 e. The lowest BCUT2D eigenvalue weighted by atomic mass is 10.1. The minimum absolute atomic E-state index is 0.184. The van der Waals surface area contributed by atoms with Gasteiger partial charge in [0.25, 0.3) is 0 Å². The lowest BCUT2D eigenvalue weighted by Gasteiger charge is -2.07. The number of hydrogen-bond acceptors (Lipinski definition) is 4. The van der Waals surface area contributed by atoms with E-state index in [1.165, 1.54) is 12.1 Å². The zero-order valence-electron chi connectivity index (χ0n) is 11.5. The molecule has 1 aromatic rings. The molecule has 0 unspecified atom stereocenters. The Morgan fingerprint density at radius 2 is 1.76 bits per heavy atom. The second-order valence-corrected chi connectivity index (χ2v) is 6.90. The first-order chi connectivity index (χ1) is 9.81. The summed E-state index contributed by atoms with van der Waals surface area (Å²) in [6.45, 7) is 0.268. The summed E-state index contributed by atoms with van der Waals surface area (Å²) < 4.78 is 26.5. The van der Waals surface area contributed by atoms with Gasteiger partial charge in [0.05, 0.1) is 9.88 Å². The molecule has 21 heavy (non-hydrogen) atoms. The smallest absolute Gasteiger partial charge is 0.240 e. The number of nitrogens with two attached hydrogens (primary N) is 2. The van der Waals surface area contributed by atoms with Crippen molar-refractivity contribution in [3.05, 3.63) is 29.8 Å². The Morgan fingerprint density at radius 3 is 2.29 bits per heavy atom. The Hall–Kier alpha value is -1.51. The van der Waals surface area contributed by atoms with E-state index in [4.69, 9.17) is 23.7 Å². The van der Waals surface area contributed by atoms with Crippen molar-refractivity contribution in [2.45, 2.75) is 30.6 Å². The molecule has 116 valence electrons. The van der Waals surface area contributed by atoms with Gasteiger partial charge in [-0.25, -0.2) is 13.1 Å². The molecule has 8 heteroatoms. The van der Waals surface area contributed by atoms with Crippen LogP contribution in [0.3, 0.4) is 0 Å². The van der Waals surface area contributed by atoms with Gasteiger partial charge in [0.1, 0.15) is 0 Å². The number of benzene rings is 1. The molecule has 6 nitrogen and oxygen atoms in total. The van der Waals surface area contributed by atoms with E-state index < -0.39 is 10.0 Å². The summed E-state index contributed by atoms with van der Waals surface area (Å²) in [4.78, 5) is 11.1. The molecule has 0 fully saturated rings. The standard InChI is InChI=1S/C13H19N3O3S2/c14-12(17)3-1-2-8-16-21(18,19)11-6-4-10(5-7-11)9-13(15)20/h4-7,16H,1-3,8-9H2,(H2,14,17)(H2,15,20). The molecular weight excluding hydrogens is 310 g/mol. The summed E-state index contributed by atoms with van der Waals surface area (Å²) in [5, 5.41) is 0. The third-order valence-electron chi connectivity index (χ3n) is 2.75. The molecule has 0 radical (unpaired) electrons. The van der Waals surface area contributed by atoms with Gasteiger partial charge in [-0.2, -0.15) is 0 Å². The molecule has 0 aliphatic carbocycles. The summed E-state index contributed by atoms with van der Waals surface area (Å²) >= 11 is 4.80. The zero-order chi connectivity index (χ0) is 15.9. The first-order valence-electron chi connectivity index (χ1n) is 6.46. The molecule has 0 aromatic heterocycles. The summed E-state index contributed by atoms with van der Waals surface area (Å²) in [7, 11) is -3.54. The van der Waals surface area contributed by atoms with E-state index in [2.05, 4.69) is 4.72 Å². The lowest BCUT2D eigenvalue weighted by Crippen LogP contribution is -2.25. The van der Waals surface area contributed by atoms with Crippen molar-refractivity contribution < 1.29 is 13.2 Å². The normalized spacial score (nSPS) is 11.2. The van der Waals surface area contributed by atoms with E-state index in [0.717, 1.165) is 5.56 Å². The lowest BCUT2D eigenvalue weighted by molar-refractivity contribution is -0.118. The van der Waals surface area contributed by atoms with E-state index in [0.29, 0.717) is 24.3 Å². The van der Waals surface area contributed by atoms with Gasteiger partial charge in [-0.1, -0.05) is 24.4 Å². The number of rotatable bonds is 9. The predicted octanol–water partition coefficient (Wildman–Crippen LogP) is 0.449. The van der Waals surface area contributed by atoms with Gasteiger partial charge in [0, 0.05) is 19.4 Å². The zero-order valence-corrected chi connectivity index (χ0v) is 13.2.